The quantitative estimate of drug-likeness (QED) is 0.350. The number of carbonyl (C=O) groups is 2. The summed E-state index contributed by atoms with van der Waals surface area (Å²) in [5.41, 5.74) is 0.814. The Labute approximate surface area is 234 Å². The van der Waals surface area contributed by atoms with Crippen molar-refractivity contribution in [3.05, 3.63) is 83.4 Å². The molecule has 208 valence electrons. The average molecular weight is 574 g/mol. The predicted molar refractivity (Wildman–Crippen MR) is 151 cm³/mol. The number of rotatable bonds is 12. The molecule has 1 unspecified atom stereocenters. The maximum Gasteiger partial charge on any atom is 0.264 e. The second-order valence-corrected chi connectivity index (χ2v) is 10.8. The molecule has 1 N–H and O–H groups in total. The fourth-order valence-electron chi connectivity index (χ4n) is 4.12. The molecule has 0 spiro atoms. The van der Waals surface area contributed by atoms with E-state index in [0.29, 0.717) is 28.5 Å². The fraction of sp³-hybridized carbons (Fsp3) is 0.286. The van der Waals surface area contributed by atoms with Crippen LogP contribution in [-0.2, 0) is 26.2 Å². The van der Waals surface area contributed by atoms with Gasteiger partial charge in [-0.2, -0.15) is 0 Å². The molecular formula is C28H32ClN3O6S. The second kappa shape index (κ2) is 13.3. The van der Waals surface area contributed by atoms with Crippen molar-refractivity contribution in [2.24, 2.45) is 0 Å². The van der Waals surface area contributed by atoms with Gasteiger partial charge in [0.25, 0.3) is 10.0 Å². The molecule has 0 aliphatic rings. The maximum absolute atomic E-state index is 14.0. The molecule has 39 heavy (non-hydrogen) atoms. The van der Waals surface area contributed by atoms with E-state index in [1.165, 1.54) is 50.4 Å². The van der Waals surface area contributed by atoms with Gasteiger partial charge in [0.2, 0.25) is 11.8 Å². The summed E-state index contributed by atoms with van der Waals surface area (Å²) >= 11 is 6.38. The molecule has 11 heteroatoms. The summed E-state index contributed by atoms with van der Waals surface area (Å²) in [5.74, 6) is -0.266. The minimum Gasteiger partial charge on any atom is -0.493 e. The third-order valence-corrected chi connectivity index (χ3v) is 8.35. The largest absolute Gasteiger partial charge is 0.493 e. The Hall–Kier alpha value is -3.76. The third-order valence-electron chi connectivity index (χ3n) is 6.20. The van der Waals surface area contributed by atoms with Crippen molar-refractivity contribution >= 4 is 39.1 Å². The Morgan fingerprint density at radius 2 is 1.59 bits per heavy atom. The van der Waals surface area contributed by atoms with Gasteiger partial charge in [-0.3, -0.25) is 13.9 Å². The molecule has 0 radical (unpaired) electrons. The van der Waals surface area contributed by atoms with E-state index in [1.54, 1.807) is 55.5 Å². The number of carbonyl (C=O) groups excluding carboxylic acids is 2. The number of ether oxygens (including phenoxy) is 2. The van der Waals surface area contributed by atoms with Crippen molar-refractivity contribution < 1.29 is 27.5 Å². The summed E-state index contributed by atoms with van der Waals surface area (Å²) in [7, 11) is 0.183. The monoisotopic (exact) mass is 573 g/mol. The molecule has 2 amide bonds. The van der Waals surface area contributed by atoms with Crippen LogP contribution in [0.3, 0.4) is 0 Å². The fourth-order valence-corrected chi connectivity index (χ4v) is 5.75. The topological polar surface area (TPSA) is 105 Å². The normalized spacial score (nSPS) is 11.8. The van der Waals surface area contributed by atoms with E-state index in [0.717, 1.165) is 4.31 Å². The van der Waals surface area contributed by atoms with Gasteiger partial charge in [0.05, 0.1) is 24.8 Å². The number of methoxy groups -OCH3 is 2. The number of sulfonamides is 1. The number of hydrogen-bond donors (Lipinski definition) is 1. The third kappa shape index (κ3) is 6.82. The summed E-state index contributed by atoms with van der Waals surface area (Å²) < 4.78 is 39.4. The van der Waals surface area contributed by atoms with E-state index in [1.807, 2.05) is 0 Å². The van der Waals surface area contributed by atoms with Crippen molar-refractivity contribution in [1.82, 2.24) is 10.2 Å². The summed E-state index contributed by atoms with van der Waals surface area (Å²) in [4.78, 5) is 28.1. The van der Waals surface area contributed by atoms with Crippen molar-refractivity contribution in [2.45, 2.75) is 30.8 Å². The Balaban J connectivity index is 2.11. The van der Waals surface area contributed by atoms with Gasteiger partial charge in [-0.15, -0.1) is 0 Å². The van der Waals surface area contributed by atoms with E-state index >= 15 is 0 Å². The summed E-state index contributed by atoms with van der Waals surface area (Å²) in [6.45, 7) is 1.21. The molecule has 0 bridgehead atoms. The molecule has 3 aromatic rings. The zero-order chi connectivity index (χ0) is 28.6. The van der Waals surface area contributed by atoms with Crippen LogP contribution in [0.4, 0.5) is 5.69 Å². The van der Waals surface area contributed by atoms with Gasteiger partial charge in [-0.25, -0.2) is 8.42 Å². The lowest BCUT2D eigenvalue weighted by Gasteiger charge is -2.33. The number of likely N-dealkylation sites (N-methyl/N-ethyl adjacent to an activating group) is 1. The number of hydrogen-bond acceptors (Lipinski definition) is 6. The van der Waals surface area contributed by atoms with E-state index in [9.17, 15) is 18.0 Å². The van der Waals surface area contributed by atoms with E-state index < -0.39 is 28.5 Å². The smallest absolute Gasteiger partial charge is 0.264 e. The van der Waals surface area contributed by atoms with Gasteiger partial charge in [0.15, 0.2) is 11.5 Å². The Morgan fingerprint density at radius 3 is 2.18 bits per heavy atom. The van der Waals surface area contributed by atoms with E-state index in [4.69, 9.17) is 21.1 Å². The number of nitrogens with zero attached hydrogens (tertiary/aromatic N) is 2. The first-order valence-corrected chi connectivity index (χ1v) is 14.0. The van der Waals surface area contributed by atoms with Gasteiger partial charge in [-0.1, -0.05) is 54.9 Å². The first kappa shape index (κ1) is 29.8. The Kier molecular flexibility index (Phi) is 10.2. The van der Waals surface area contributed by atoms with Crippen molar-refractivity contribution in [3.8, 4) is 11.5 Å². The van der Waals surface area contributed by atoms with Crippen LogP contribution in [0.1, 0.15) is 18.9 Å². The highest BCUT2D eigenvalue weighted by atomic mass is 35.5. The number of benzene rings is 3. The lowest BCUT2D eigenvalue weighted by Crippen LogP contribution is -2.51. The predicted octanol–water partition coefficient (Wildman–Crippen LogP) is 4.11. The number of amides is 2. The molecule has 3 rings (SSSR count). The van der Waals surface area contributed by atoms with E-state index in [-0.39, 0.29) is 23.0 Å². The molecular weight excluding hydrogens is 542 g/mol. The van der Waals surface area contributed by atoms with Gasteiger partial charge >= 0.3 is 0 Å². The van der Waals surface area contributed by atoms with Crippen molar-refractivity contribution in [2.75, 3.05) is 32.1 Å². The molecule has 1 atom stereocenters. The zero-order valence-electron chi connectivity index (χ0n) is 22.3. The van der Waals surface area contributed by atoms with Gasteiger partial charge in [0, 0.05) is 24.7 Å². The molecule has 0 fully saturated rings. The maximum atomic E-state index is 14.0. The van der Waals surface area contributed by atoms with Crippen molar-refractivity contribution in [3.63, 3.8) is 0 Å². The van der Waals surface area contributed by atoms with Crippen LogP contribution in [0.15, 0.2) is 77.7 Å². The van der Waals surface area contributed by atoms with Gasteiger partial charge in [-0.05, 0) is 42.3 Å². The number of anilines is 1. The van der Waals surface area contributed by atoms with Crippen LogP contribution >= 0.6 is 11.6 Å². The Bertz CT molecular complexity index is 1400. The molecule has 0 saturated heterocycles. The Morgan fingerprint density at radius 1 is 0.949 bits per heavy atom. The summed E-state index contributed by atoms with van der Waals surface area (Å²) in [6, 6.07) is 18.5. The zero-order valence-corrected chi connectivity index (χ0v) is 23.8. The molecule has 0 aliphatic heterocycles. The first-order chi connectivity index (χ1) is 18.7. The first-order valence-electron chi connectivity index (χ1n) is 12.2. The summed E-state index contributed by atoms with van der Waals surface area (Å²) in [6.07, 6.45) is 0.303. The minimum absolute atomic E-state index is 0.00332. The summed E-state index contributed by atoms with van der Waals surface area (Å²) in [5, 5.41) is 3.02. The van der Waals surface area contributed by atoms with Crippen molar-refractivity contribution in [1.29, 1.82) is 0 Å². The van der Waals surface area contributed by atoms with Gasteiger partial charge in [0.1, 0.15) is 12.6 Å². The molecule has 0 heterocycles. The molecule has 3 aromatic carbocycles. The van der Waals surface area contributed by atoms with Crippen LogP contribution in [0, 0.1) is 0 Å². The van der Waals surface area contributed by atoms with E-state index in [2.05, 4.69) is 5.32 Å². The molecule has 0 aromatic heterocycles. The van der Waals surface area contributed by atoms with Crippen LogP contribution in [0.5, 0.6) is 11.5 Å². The second-order valence-electron chi connectivity index (χ2n) is 8.52. The highest BCUT2D eigenvalue weighted by Crippen LogP contribution is 2.34. The van der Waals surface area contributed by atoms with Crippen LogP contribution in [0.25, 0.3) is 0 Å². The number of halogens is 1. The molecule has 0 saturated carbocycles. The van der Waals surface area contributed by atoms with Crippen LogP contribution in [-0.4, -0.2) is 59.0 Å². The van der Waals surface area contributed by atoms with Crippen LogP contribution in [0.2, 0.25) is 5.02 Å². The number of nitrogens with one attached hydrogen (secondary N) is 1. The van der Waals surface area contributed by atoms with Crippen LogP contribution < -0.4 is 19.1 Å². The van der Waals surface area contributed by atoms with Gasteiger partial charge < -0.3 is 19.7 Å². The standard InChI is InChI=1S/C28H32ClN3O6S/c1-5-24(28(34)30-2)31(18-20-11-9-10-14-23(20)29)27(33)19-32(39(35,36)22-12-7-6-8-13-22)21-15-16-25(37-3)26(17-21)38-4/h6-17,24H,5,18-19H2,1-4H3,(H,30,34). The highest BCUT2D eigenvalue weighted by Gasteiger charge is 2.34. The lowest BCUT2D eigenvalue weighted by atomic mass is 10.1. The lowest BCUT2D eigenvalue weighted by molar-refractivity contribution is -0.140. The molecule has 0 aliphatic carbocycles. The SMILES string of the molecule is CCC(C(=O)NC)N(Cc1ccccc1Cl)C(=O)CN(c1ccc(OC)c(OC)c1)S(=O)(=O)c1ccccc1. The highest BCUT2D eigenvalue weighted by molar-refractivity contribution is 7.92. The average Bonchev–Trinajstić information content (AvgIpc) is 2.96. The minimum atomic E-state index is -4.20. The molecule has 9 nitrogen and oxygen atoms in total.